The summed E-state index contributed by atoms with van der Waals surface area (Å²) in [4.78, 5) is 2.13. The molecule has 0 saturated heterocycles. The zero-order valence-electron chi connectivity index (χ0n) is 12.0. The molecule has 0 fully saturated rings. The molecule has 0 unspecified atom stereocenters. The van der Waals surface area contributed by atoms with Gasteiger partial charge in [-0.05, 0) is 30.2 Å². The maximum absolute atomic E-state index is 9.07. The molecule has 1 rings (SSSR count). The zero-order chi connectivity index (χ0) is 14.3. The lowest BCUT2D eigenvalue weighted by atomic mass is 10.1. The number of rotatable bonds is 8. The molecule has 0 aliphatic rings. The Hall–Kier alpha value is -1.52. The number of nitrogens with zero attached hydrogens (tertiary/aromatic N) is 1. The van der Waals surface area contributed by atoms with Gasteiger partial charge in [0, 0.05) is 19.6 Å². The van der Waals surface area contributed by atoms with E-state index in [9.17, 15) is 0 Å². The highest BCUT2D eigenvalue weighted by Gasteiger charge is 2.11. The van der Waals surface area contributed by atoms with Gasteiger partial charge in [0.1, 0.15) is 0 Å². The fourth-order valence-corrected chi connectivity index (χ4v) is 1.99. The van der Waals surface area contributed by atoms with E-state index >= 15 is 0 Å². The summed E-state index contributed by atoms with van der Waals surface area (Å²) in [5, 5.41) is 9.07. The molecule has 0 atom stereocenters. The molecule has 1 aromatic rings. The van der Waals surface area contributed by atoms with Crippen LogP contribution in [0.1, 0.15) is 11.1 Å². The van der Waals surface area contributed by atoms with Crippen LogP contribution in [-0.4, -0.2) is 43.9 Å². The van der Waals surface area contributed by atoms with Gasteiger partial charge in [-0.3, -0.25) is 4.90 Å². The molecule has 4 heteroatoms. The first-order valence-corrected chi connectivity index (χ1v) is 6.31. The van der Waals surface area contributed by atoms with Crippen molar-refractivity contribution in [1.82, 2.24) is 4.90 Å². The van der Waals surface area contributed by atoms with Gasteiger partial charge in [0.15, 0.2) is 11.5 Å². The molecule has 4 nitrogen and oxygen atoms in total. The third kappa shape index (κ3) is 4.26. The quantitative estimate of drug-likeness (QED) is 0.730. The largest absolute Gasteiger partial charge is 0.493 e. The second-order valence-electron chi connectivity index (χ2n) is 4.38. The second-order valence-corrected chi connectivity index (χ2v) is 4.38. The molecule has 1 N–H and O–H groups in total. The minimum atomic E-state index is 0.139. The van der Waals surface area contributed by atoms with Crippen molar-refractivity contribution in [3.8, 4) is 11.5 Å². The minimum absolute atomic E-state index is 0.139. The highest BCUT2D eigenvalue weighted by atomic mass is 16.5. The van der Waals surface area contributed by atoms with E-state index in [1.54, 1.807) is 14.2 Å². The Morgan fingerprint density at radius 1 is 1.26 bits per heavy atom. The number of methoxy groups -OCH3 is 2. The number of aliphatic hydroxyl groups excluding tert-OH is 1. The lowest BCUT2D eigenvalue weighted by Gasteiger charge is -2.21. The maximum Gasteiger partial charge on any atom is 0.161 e. The summed E-state index contributed by atoms with van der Waals surface area (Å²) in [6.07, 6.45) is 1.84. The second kappa shape index (κ2) is 7.81. The average Bonchev–Trinajstić information content (AvgIpc) is 2.41. The van der Waals surface area contributed by atoms with Crippen molar-refractivity contribution in [1.29, 1.82) is 0 Å². The van der Waals surface area contributed by atoms with Crippen LogP contribution in [0, 0.1) is 6.92 Å². The van der Waals surface area contributed by atoms with Crippen LogP contribution in [0.5, 0.6) is 11.5 Å². The highest BCUT2D eigenvalue weighted by Crippen LogP contribution is 2.30. The summed E-state index contributed by atoms with van der Waals surface area (Å²) < 4.78 is 10.6. The van der Waals surface area contributed by atoms with Gasteiger partial charge in [0.05, 0.1) is 20.8 Å². The van der Waals surface area contributed by atoms with Crippen LogP contribution in [0.2, 0.25) is 0 Å². The van der Waals surface area contributed by atoms with Crippen LogP contribution in [0.3, 0.4) is 0 Å². The highest BCUT2D eigenvalue weighted by molar-refractivity contribution is 5.47. The van der Waals surface area contributed by atoms with Crippen LogP contribution < -0.4 is 9.47 Å². The van der Waals surface area contributed by atoms with Crippen LogP contribution in [0.25, 0.3) is 0 Å². The smallest absolute Gasteiger partial charge is 0.161 e. The van der Waals surface area contributed by atoms with Crippen molar-refractivity contribution in [3.05, 3.63) is 35.9 Å². The molecule has 0 radical (unpaired) electrons. The van der Waals surface area contributed by atoms with Crippen LogP contribution in [0.15, 0.2) is 24.8 Å². The summed E-state index contributed by atoms with van der Waals surface area (Å²) >= 11 is 0. The van der Waals surface area contributed by atoms with Crippen LogP contribution in [0.4, 0.5) is 0 Å². The monoisotopic (exact) mass is 265 g/mol. The number of benzene rings is 1. The van der Waals surface area contributed by atoms with Gasteiger partial charge >= 0.3 is 0 Å². The standard InChI is InChI=1S/C15H23NO3/c1-5-6-16(7-8-17)11-13-10-15(19-4)14(18-3)9-12(13)2/h5,9-10,17H,1,6-8,11H2,2-4H3. The van der Waals surface area contributed by atoms with Gasteiger partial charge in [-0.15, -0.1) is 6.58 Å². The Labute approximate surface area is 115 Å². The molecular weight excluding hydrogens is 242 g/mol. The number of aryl methyl sites for hydroxylation is 1. The normalized spacial score (nSPS) is 10.6. The van der Waals surface area contributed by atoms with E-state index in [2.05, 4.69) is 11.5 Å². The summed E-state index contributed by atoms with van der Waals surface area (Å²) in [6.45, 7) is 8.04. The van der Waals surface area contributed by atoms with E-state index in [-0.39, 0.29) is 6.61 Å². The Balaban J connectivity index is 2.95. The summed E-state index contributed by atoms with van der Waals surface area (Å²) in [6, 6.07) is 3.96. The number of hydrogen-bond donors (Lipinski definition) is 1. The fraction of sp³-hybridized carbons (Fsp3) is 0.467. The van der Waals surface area contributed by atoms with Gasteiger partial charge in [0.2, 0.25) is 0 Å². The number of aliphatic hydroxyl groups is 1. The molecule has 0 heterocycles. The number of ether oxygens (including phenoxy) is 2. The topological polar surface area (TPSA) is 41.9 Å². The minimum Gasteiger partial charge on any atom is -0.493 e. The van der Waals surface area contributed by atoms with Gasteiger partial charge in [-0.2, -0.15) is 0 Å². The van der Waals surface area contributed by atoms with Gasteiger partial charge in [0.25, 0.3) is 0 Å². The molecule has 0 bridgehead atoms. The fourth-order valence-electron chi connectivity index (χ4n) is 1.99. The molecule has 0 saturated carbocycles. The molecule has 0 spiro atoms. The Morgan fingerprint density at radius 3 is 2.42 bits per heavy atom. The van der Waals surface area contributed by atoms with Crippen LogP contribution >= 0.6 is 0 Å². The zero-order valence-corrected chi connectivity index (χ0v) is 12.0. The van der Waals surface area contributed by atoms with Gasteiger partial charge in [-0.1, -0.05) is 6.08 Å². The third-order valence-corrected chi connectivity index (χ3v) is 3.04. The Bertz CT molecular complexity index is 418. The van der Waals surface area contributed by atoms with Gasteiger partial charge in [-0.25, -0.2) is 0 Å². The molecule has 0 amide bonds. The van der Waals surface area contributed by atoms with E-state index in [0.717, 1.165) is 35.7 Å². The molecule has 0 aliphatic carbocycles. The van der Waals surface area contributed by atoms with Crippen molar-refractivity contribution < 1.29 is 14.6 Å². The average molecular weight is 265 g/mol. The predicted molar refractivity (Wildman–Crippen MR) is 76.8 cm³/mol. The van der Waals surface area contributed by atoms with E-state index in [1.807, 2.05) is 25.1 Å². The summed E-state index contributed by atoms with van der Waals surface area (Å²) in [5.41, 5.74) is 2.30. The first kappa shape index (κ1) is 15.5. The van der Waals surface area contributed by atoms with Crippen molar-refractivity contribution in [2.24, 2.45) is 0 Å². The Kier molecular flexibility index (Phi) is 6.39. The summed E-state index contributed by atoms with van der Waals surface area (Å²) in [7, 11) is 3.26. The van der Waals surface area contributed by atoms with E-state index in [1.165, 1.54) is 0 Å². The molecule has 0 aliphatic heterocycles. The number of hydrogen-bond acceptors (Lipinski definition) is 4. The lowest BCUT2D eigenvalue weighted by molar-refractivity contribution is 0.203. The van der Waals surface area contributed by atoms with Crippen molar-refractivity contribution in [2.75, 3.05) is 33.9 Å². The molecule has 1 aromatic carbocycles. The van der Waals surface area contributed by atoms with E-state index in [0.29, 0.717) is 6.54 Å². The van der Waals surface area contributed by atoms with Crippen molar-refractivity contribution in [2.45, 2.75) is 13.5 Å². The summed E-state index contributed by atoms with van der Waals surface area (Å²) in [5.74, 6) is 1.46. The first-order valence-electron chi connectivity index (χ1n) is 6.31. The first-order chi connectivity index (χ1) is 9.15. The SMILES string of the molecule is C=CCN(CCO)Cc1cc(OC)c(OC)cc1C. The predicted octanol–water partition coefficient (Wildman–Crippen LogP) is 1.99. The van der Waals surface area contributed by atoms with E-state index < -0.39 is 0 Å². The molecule has 19 heavy (non-hydrogen) atoms. The van der Waals surface area contributed by atoms with Gasteiger partial charge < -0.3 is 14.6 Å². The van der Waals surface area contributed by atoms with Crippen molar-refractivity contribution >= 4 is 0 Å². The van der Waals surface area contributed by atoms with E-state index in [4.69, 9.17) is 14.6 Å². The molecule has 106 valence electrons. The Morgan fingerprint density at radius 2 is 1.89 bits per heavy atom. The molecule has 0 aromatic heterocycles. The molecular formula is C15H23NO3. The van der Waals surface area contributed by atoms with Crippen LogP contribution in [-0.2, 0) is 6.54 Å². The van der Waals surface area contributed by atoms with Crippen molar-refractivity contribution in [3.63, 3.8) is 0 Å². The third-order valence-electron chi connectivity index (χ3n) is 3.04. The lowest BCUT2D eigenvalue weighted by Crippen LogP contribution is -2.26. The maximum atomic E-state index is 9.07.